The molecule has 30 heavy (non-hydrogen) atoms. The van der Waals surface area contributed by atoms with Crippen LogP contribution >= 0.6 is 23.4 Å². The van der Waals surface area contributed by atoms with E-state index in [-0.39, 0.29) is 35.0 Å². The SMILES string of the molecule is CC(C)COC(=O)C1CSC(c2cccc(Cl)c2)N1C(=O)C1CC1c1ccccc1. The molecule has 1 aliphatic heterocycles. The van der Waals surface area contributed by atoms with Crippen molar-refractivity contribution in [1.82, 2.24) is 4.90 Å². The molecule has 1 aliphatic carbocycles. The lowest BCUT2D eigenvalue weighted by atomic mass is 10.1. The zero-order valence-corrected chi connectivity index (χ0v) is 18.7. The third kappa shape index (κ3) is 4.52. The summed E-state index contributed by atoms with van der Waals surface area (Å²) in [5.41, 5.74) is 2.12. The van der Waals surface area contributed by atoms with Crippen molar-refractivity contribution < 1.29 is 14.3 Å². The molecule has 4 atom stereocenters. The number of thioether (sulfide) groups is 1. The molecule has 6 heteroatoms. The van der Waals surface area contributed by atoms with Crippen molar-refractivity contribution in [3.8, 4) is 0 Å². The smallest absolute Gasteiger partial charge is 0.329 e. The van der Waals surface area contributed by atoms with Gasteiger partial charge in [-0.1, -0.05) is 67.9 Å². The van der Waals surface area contributed by atoms with E-state index < -0.39 is 6.04 Å². The number of nitrogens with zero attached hydrogens (tertiary/aromatic N) is 1. The average molecular weight is 444 g/mol. The molecule has 1 heterocycles. The van der Waals surface area contributed by atoms with Crippen LogP contribution in [0.2, 0.25) is 5.02 Å². The van der Waals surface area contributed by atoms with Crippen LogP contribution in [0.5, 0.6) is 0 Å². The summed E-state index contributed by atoms with van der Waals surface area (Å²) in [6, 6.07) is 17.1. The normalized spacial score (nSPS) is 25.4. The molecule has 1 saturated heterocycles. The van der Waals surface area contributed by atoms with Gasteiger partial charge in [0.15, 0.2) is 0 Å². The van der Waals surface area contributed by atoms with Gasteiger partial charge < -0.3 is 9.64 Å². The molecule has 158 valence electrons. The first-order chi connectivity index (χ1) is 14.5. The van der Waals surface area contributed by atoms with E-state index in [0.717, 1.165) is 12.0 Å². The third-order valence-corrected chi connectivity index (χ3v) is 7.11. The summed E-state index contributed by atoms with van der Waals surface area (Å²) in [5, 5.41) is 0.393. The molecule has 4 unspecified atom stereocenters. The van der Waals surface area contributed by atoms with Crippen LogP contribution in [0.4, 0.5) is 0 Å². The number of esters is 1. The van der Waals surface area contributed by atoms with Gasteiger partial charge in [0.1, 0.15) is 11.4 Å². The van der Waals surface area contributed by atoms with E-state index in [9.17, 15) is 9.59 Å². The van der Waals surface area contributed by atoms with E-state index in [2.05, 4.69) is 12.1 Å². The van der Waals surface area contributed by atoms with Crippen molar-refractivity contribution in [2.75, 3.05) is 12.4 Å². The summed E-state index contributed by atoms with van der Waals surface area (Å²) in [6.07, 6.45) is 0.819. The summed E-state index contributed by atoms with van der Waals surface area (Å²) in [4.78, 5) is 28.2. The highest BCUT2D eigenvalue weighted by molar-refractivity contribution is 7.99. The number of carbonyl (C=O) groups is 2. The van der Waals surface area contributed by atoms with E-state index >= 15 is 0 Å². The Morgan fingerprint density at radius 3 is 2.57 bits per heavy atom. The second-order valence-electron chi connectivity index (χ2n) is 8.39. The Bertz CT molecular complexity index is 920. The molecule has 2 aromatic carbocycles. The Labute approximate surface area is 186 Å². The van der Waals surface area contributed by atoms with E-state index in [1.807, 2.05) is 56.3 Å². The van der Waals surface area contributed by atoms with Gasteiger partial charge in [-0.25, -0.2) is 4.79 Å². The lowest BCUT2D eigenvalue weighted by Gasteiger charge is -2.29. The Kier molecular flexibility index (Phi) is 6.40. The minimum Gasteiger partial charge on any atom is -0.464 e. The third-order valence-electron chi connectivity index (χ3n) is 5.56. The highest BCUT2D eigenvalue weighted by Gasteiger charge is 2.52. The number of benzene rings is 2. The molecule has 1 amide bonds. The summed E-state index contributed by atoms with van der Waals surface area (Å²) < 4.78 is 5.52. The summed E-state index contributed by atoms with van der Waals surface area (Å²) >= 11 is 7.81. The number of rotatable bonds is 6. The Morgan fingerprint density at radius 1 is 1.13 bits per heavy atom. The van der Waals surface area contributed by atoms with E-state index in [1.54, 1.807) is 16.7 Å². The summed E-state index contributed by atoms with van der Waals surface area (Å²) in [5.74, 6) is 0.630. The monoisotopic (exact) mass is 443 g/mol. The van der Waals surface area contributed by atoms with Crippen molar-refractivity contribution >= 4 is 35.2 Å². The quantitative estimate of drug-likeness (QED) is 0.569. The van der Waals surface area contributed by atoms with Gasteiger partial charge >= 0.3 is 5.97 Å². The number of carbonyl (C=O) groups excluding carboxylic acids is 2. The van der Waals surface area contributed by atoms with Crippen LogP contribution in [0.1, 0.15) is 42.7 Å². The van der Waals surface area contributed by atoms with E-state index in [0.29, 0.717) is 17.4 Å². The fourth-order valence-electron chi connectivity index (χ4n) is 3.95. The Morgan fingerprint density at radius 2 is 1.87 bits per heavy atom. The maximum Gasteiger partial charge on any atom is 0.329 e. The van der Waals surface area contributed by atoms with Crippen LogP contribution in [0.25, 0.3) is 0 Å². The molecular formula is C24H26ClNO3S. The molecule has 0 radical (unpaired) electrons. The lowest BCUT2D eigenvalue weighted by Crippen LogP contribution is -2.45. The largest absolute Gasteiger partial charge is 0.464 e. The minimum atomic E-state index is -0.567. The first kappa shape index (κ1) is 21.3. The average Bonchev–Trinajstić information content (AvgIpc) is 3.42. The van der Waals surface area contributed by atoms with Gasteiger partial charge in [0.2, 0.25) is 5.91 Å². The van der Waals surface area contributed by atoms with Crippen LogP contribution in [0.15, 0.2) is 54.6 Å². The second kappa shape index (κ2) is 9.03. The summed E-state index contributed by atoms with van der Waals surface area (Å²) in [7, 11) is 0. The van der Waals surface area contributed by atoms with Crippen LogP contribution in [-0.2, 0) is 14.3 Å². The molecule has 0 bridgehead atoms. The lowest BCUT2D eigenvalue weighted by molar-refractivity contribution is -0.155. The fourth-order valence-corrected chi connectivity index (χ4v) is 5.56. The van der Waals surface area contributed by atoms with E-state index in [4.69, 9.17) is 16.3 Å². The maximum atomic E-state index is 13.6. The molecule has 0 aromatic heterocycles. The molecule has 0 N–H and O–H groups in total. The predicted octanol–water partition coefficient (Wildman–Crippen LogP) is 5.29. The molecule has 2 fully saturated rings. The number of hydrogen-bond donors (Lipinski definition) is 0. The van der Waals surface area contributed by atoms with Crippen molar-refractivity contribution in [1.29, 1.82) is 0 Å². The number of amides is 1. The van der Waals surface area contributed by atoms with Crippen molar-refractivity contribution in [2.45, 2.75) is 37.6 Å². The molecular weight excluding hydrogens is 418 g/mol. The van der Waals surface area contributed by atoms with Gasteiger partial charge in [0.05, 0.1) is 6.61 Å². The minimum absolute atomic E-state index is 0.0327. The highest BCUT2D eigenvalue weighted by Crippen LogP contribution is 2.52. The topological polar surface area (TPSA) is 46.6 Å². The van der Waals surface area contributed by atoms with E-state index in [1.165, 1.54) is 5.56 Å². The van der Waals surface area contributed by atoms with Gasteiger partial charge in [-0.3, -0.25) is 4.79 Å². The highest BCUT2D eigenvalue weighted by atomic mass is 35.5. The van der Waals surface area contributed by atoms with Crippen molar-refractivity contribution in [2.24, 2.45) is 11.8 Å². The molecule has 1 saturated carbocycles. The molecule has 4 nitrogen and oxygen atoms in total. The first-order valence-corrected chi connectivity index (χ1v) is 11.8. The van der Waals surface area contributed by atoms with Gasteiger partial charge in [-0.05, 0) is 41.5 Å². The number of halogens is 1. The molecule has 4 rings (SSSR count). The zero-order chi connectivity index (χ0) is 21.3. The second-order valence-corrected chi connectivity index (χ2v) is 9.93. The molecule has 0 spiro atoms. The predicted molar refractivity (Wildman–Crippen MR) is 120 cm³/mol. The zero-order valence-electron chi connectivity index (χ0n) is 17.2. The van der Waals surface area contributed by atoms with Gasteiger partial charge in [-0.2, -0.15) is 0 Å². The van der Waals surface area contributed by atoms with Crippen LogP contribution in [0.3, 0.4) is 0 Å². The Balaban J connectivity index is 1.57. The number of ether oxygens (including phenoxy) is 1. The summed E-state index contributed by atoms with van der Waals surface area (Å²) in [6.45, 7) is 4.37. The van der Waals surface area contributed by atoms with Gasteiger partial charge in [0, 0.05) is 16.7 Å². The van der Waals surface area contributed by atoms with Gasteiger partial charge in [0.25, 0.3) is 0 Å². The van der Waals surface area contributed by atoms with Crippen LogP contribution in [0, 0.1) is 11.8 Å². The molecule has 2 aliphatic rings. The van der Waals surface area contributed by atoms with Crippen molar-refractivity contribution in [3.05, 3.63) is 70.7 Å². The standard InChI is InChI=1S/C24H26ClNO3S/c1-15(2)13-29-24(28)21-14-30-23(17-9-6-10-18(25)11-17)26(21)22(27)20-12-19(20)16-7-4-3-5-8-16/h3-11,15,19-21,23H,12-14H2,1-2H3. The van der Waals surface area contributed by atoms with Gasteiger partial charge in [-0.15, -0.1) is 11.8 Å². The first-order valence-electron chi connectivity index (χ1n) is 10.4. The van der Waals surface area contributed by atoms with Crippen molar-refractivity contribution in [3.63, 3.8) is 0 Å². The molecule has 2 aromatic rings. The Hall–Kier alpha value is -1.98. The van der Waals surface area contributed by atoms with Crippen LogP contribution < -0.4 is 0 Å². The number of hydrogen-bond acceptors (Lipinski definition) is 4. The fraction of sp³-hybridized carbons (Fsp3) is 0.417. The van der Waals surface area contributed by atoms with Crippen LogP contribution in [-0.4, -0.2) is 35.2 Å². The maximum absolute atomic E-state index is 13.6.